The van der Waals surface area contributed by atoms with E-state index < -0.39 is 39.0 Å². The molecule has 0 unspecified atom stereocenters. The lowest BCUT2D eigenvalue weighted by Gasteiger charge is -2.49. The molecular formula is C24H24ClN7O4S. The van der Waals surface area contributed by atoms with Crippen molar-refractivity contribution in [3.63, 3.8) is 0 Å². The SMILES string of the molecule is C=C[C@H]1CN(C(=O)CS(C)(=O)=O)C(C)(C)C(=O)N1c1cc(-c2cc(Cl)c3c(N)ncnn23)ccc1C#N. The van der Waals surface area contributed by atoms with Crippen LogP contribution in [0, 0.1) is 11.3 Å². The van der Waals surface area contributed by atoms with E-state index >= 15 is 0 Å². The fourth-order valence-corrected chi connectivity index (χ4v) is 5.34. The highest BCUT2D eigenvalue weighted by Crippen LogP contribution is 2.37. The molecule has 3 aromatic rings. The van der Waals surface area contributed by atoms with Gasteiger partial charge in [-0.3, -0.25) is 9.59 Å². The number of nitrogens with two attached hydrogens (primary N) is 1. The number of fused-ring (bicyclic) bond motifs is 1. The summed E-state index contributed by atoms with van der Waals surface area (Å²) in [6.45, 7) is 6.89. The molecule has 0 bridgehead atoms. The summed E-state index contributed by atoms with van der Waals surface area (Å²) in [4.78, 5) is 33.3. The molecule has 1 saturated heterocycles. The average Bonchev–Trinajstić information content (AvgIpc) is 3.16. The van der Waals surface area contributed by atoms with Crippen molar-refractivity contribution in [1.82, 2.24) is 19.5 Å². The van der Waals surface area contributed by atoms with E-state index in [1.54, 1.807) is 24.3 Å². The number of benzene rings is 1. The molecular weight excluding hydrogens is 518 g/mol. The maximum absolute atomic E-state index is 13.8. The first kappa shape index (κ1) is 26.1. The van der Waals surface area contributed by atoms with Gasteiger partial charge in [-0.1, -0.05) is 23.7 Å². The number of sulfone groups is 1. The quantitative estimate of drug-likeness (QED) is 0.481. The summed E-state index contributed by atoms with van der Waals surface area (Å²) in [5.41, 5.74) is 6.67. The van der Waals surface area contributed by atoms with Crippen LogP contribution < -0.4 is 10.6 Å². The molecule has 1 fully saturated rings. The molecule has 0 saturated carbocycles. The van der Waals surface area contributed by atoms with E-state index in [-0.39, 0.29) is 17.9 Å². The molecule has 0 spiro atoms. The maximum Gasteiger partial charge on any atom is 0.253 e. The van der Waals surface area contributed by atoms with Crippen LogP contribution in [0.4, 0.5) is 11.5 Å². The van der Waals surface area contributed by atoms with Gasteiger partial charge in [0.25, 0.3) is 5.91 Å². The number of anilines is 2. The minimum absolute atomic E-state index is 0.00463. The van der Waals surface area contributed by atoms with Crippen LogP contribution in [0.25, 0.3) is 16.8 Å². The van der Waals surface area contributed by atoms with Gasteiger partial charge in [0, 0.05) is 18.4 Å². The Labute approximate surface area is 218 Å². The molecule has 2 amide bonds. The minimum Gasteiger partial charge on any atom is -0.382 e. The number of aromatic nitrogens is 3. The van der Waals surface area contributed by atoms with E-state index in [2.05, 4.69) is 22.7 Å². The normalized spacial score (nSPS) is 17.6. The third-order valence-corrected chi connectivity index (χ3v) is 7.35. The first-order valence-electron chi connectivity index (χ1n) is 11.1. The molecule has 4 rings (SSSR count). The van der Waals surface area contributed by atoms with Gasteiger partial charge in [0.2, 0.25) is 5.91 Å². The standard InChI is InChI=1S/C24H24ClN7O4S/c1-5-16-11-30(20(33)12-37(4,35)36)24(2,3)23(34)31(16)18-8-14(6-7-15(18)10-26)19-9-17(25)21-22(27)28-13-29-32(19)21/h5-9,13,16H,1,11-12H2,2-4H3,(H2,27,28,29)/t16-/m0/s1. The number of carbonyl (C=O) groups is 2. The van der Waals surface area contributed by atoms with Gasteiger partial charge in [-0.15, -0.1) is 6.58 Å². The smallest absolute Gasteiger partial charge is 0.253 e. The van der Waals surface area contributed by atoms with Gasteiger partial charge in [0.15, 0.2) is 15.7 Å². The van der Waals surface area contributed by atoms with Gasteiger partial charge < -0.3 is 15.5 Å². The molecule has 1 atom stereocenters. The van der Waals surface area contributed by atoms with Gasteiger partial charge in [-0.2, -0.15) is 10.4 Å². The largest absolute Gasteiger partial charge is 0.382 e. The molecule has 2 N–H and O–H groups in total. The van der Waals surface area contributed by atoms with Gasteiger partial charge in [0.05, 0.1) is 28.0 Å². The van der Waals surface area contributed by atoms with E-state index in [0.29, 0.717) is 27.5 Å². The predicted octanol–water partition coefficient (Wildman–Crippen LogP) is 2.06. The molecule has 3 heterocycles. The summed E-state index contributed by atoms with van der Waals surface area (Å²) in [5.74, 6) is -1.71. The summed E-state index contributed by atoms with van der Waals surface area (Å²) in [7, 11) is -3.61. The highest BCUT2D eigenvalue weighted by molar-refractivity contribution is 7.91. The van der Waals surface area contributed by atoms with Gasteiger partial charge in [0.1, 0.15) is 29.2 Å². The van der Waals surface area contributed by atoms with Crippen LogP contribution in [-0.2, 0) is 19.4 Å². The Hall–Kier alpha value is -3.95. The average molecular weight is 542 g/mol. The predicted molar refractivity (Wildman–Crippen MR) is 140 cm³/mol. The lowest BCUT2D eigenvalue weighted by Crippen LogP contribution is -2.68. The first-order valence-corrected chi connectivity index (χ1v) is 13.5. The first-order chi connectivity index (χ1) is 17.3. The molecule has 11 nitrogen and oxygen atoms in total. The second kappa shape index (κ2) is 9.17. The summed E-state index contributed by atoms with van der Waals surface area (Å²) < 4.78 is 25.0. The van der Waals surface area contributed by atoms with Crippen molar-refractivity contribution in [2.75, 3.05) is 29.2 Å². The molecule has 2 aromatic heterocycles. The second-order valence-electron chi connectivity index (χ2n) is 9.24. The van der Waals surface area contributed by atoms with Crippen LogP contribution in [0.3, 0.4) is 0 Å². The number of piperazine rings is 1. The number of rotatable bonds is 5. The Balaban J connectivity index is 1.84. The van der Waals surface area contributed by atoms with E-state index in [4.69, 9.17) is 17.3 Å². The Kier molecular flexibility index (Phi) is 6.47. The lowest BCUT2D eigenvalue weighted by molar-refractivity contribution is -0.146. The van der Waals surface area contributed by atoms with Crippen molar-refractivity contribution < 1.29 is 18.0 Å². The highest BCUT2D eigenvalue weighted by atomic mass is 35.5. The monoisotopic (exact) mass is 541 g/mol. The lowest BCUT2D eigenvalue weighted by atomic mass is 9.92. The van der Waals surface area contributed by atoms with Crippen molar-refractivity contribution in [2.45, 2.75) is 25.4 Å². The van der Waals surface area contributed by atoms with Gasteiger partial charge in [-0.05, 0) is 32.0 Å². The minimum atomic E-state index is -3.61. The number of carbonyl (C=O) groups excluding carboxylic acids is 2. The zero-order valence-corrected chi connectivity index (χ0v) is 21.9. The third-order valence-electron chi connectivity index (χ3n) is 6.29. The van der Waals surface area contributed by atoms with Crippen LogP contribution in [0.2, 0.25) is 5.02 Å². The second-order valence-corrected chi connectivity index (χ2v) is 11.8. The van der Waals surface area contributed by atoms with Crippen LogP contribution in [0.5, 0.6) is 0 Å². The Morgan fingerprint density at radius 2 is 2.08 bits per heavy atom. The molecule has 0 aliphatic carbocycles. The van der Waals surface area contributed by atoms with Gasteiger partial charge >= 0.3 is 0 Å². The molecule has 1 aliphatic heterocycles. The maximum atomic E-state index is 13.8. The summed E-state index contributed by atoms with van der Waals surface area (Å²) in [5, 5.41) is 14.4. The van der Waals surface area contributed by atoms with Gasteiger partial charge in [-0.25, -0.2) is 17.9 Å². The Morgan fingerprint density at radius 3 is 2.70 bits per heavy atom. The zero-order valence-electron chi connectivity index (χ0n) is 20.3. The van der Waals surface area contributed by atoms with E-state index in [9.17, 15) is 23.3 Å². The Morgan fingerprint density at radius 1 is 1.38 bits per heavy atom. The number of halogens is 1. The van der Waals surface area contributed by atoms with E-state index in [1.807, 2.05) is 0 Å². The molecule has 0 radical (unpaired) electrons. The van der Waals surface area contributed by atoms with Crippen molar-refractivity contribution in [1.29, 1.82) is 5.26 Å². The van der Waals surface area contributed by atoms with Crippen LogP contribution in [0.15, 0.2) is 43.2 Å². The molecule has 192 valence electrons. The number of hydrogen-bond donors (Lipinski definition) is 1. The fourth-order valence-electron chi connectivity index (χ4n) is 4.45. The summed E-state index contributed by atoms with van der Waals surface area (Å²) in [6.07, 6.45) is 3.74. The number of nitriles is 1. The molecule has 1 aromatic carbocycles. The summed E-state index contributed by atoms with van der Waals surface area (Å²) in [6, 6.07) is 7.98. The third kappa shape index (κ3) is 4.52. The molecule has 37 heavy (non-hydrogen) atoms. The van der Waals surface area contributed by atoms with Crippen molar-refractivity contribution in [2.24, 2.45) is 0 Å². The van der Waals surface area contributed by atoms with E-state index in [0.717, 1.165) is 6.26 Å². The van der Waals surface area contributed by atoms with Crippen molar-refractivity contribution in [3.8, 4) is 17.3 Å². The number of amides is 2. The zero-order chi connectivity index (χ0) is 27.3. The topological polar surface area (TPSA) is 155 Å². The van der Waals surface area contributed by atoms with Crippen LogP contribution in [0.1, 0.15) is 19.4 Å². The highest BCUT2D eigenvalue weighted by Gasteiger charge is 2.48. The van der Waals surface area contributed by atoms with Crippen LogP contribution in [-0.4, -0.2) is 69.9 Å². The molecule has 13 heteroatoms. The number of nitrogens with zero attached hydrogens (tertiary/aromatic N) is 6. The van der Waals surface area contributed by atoms with Crippen molar-refractivity contribution in [3.05, 3.63) is 53.8 Å². The van der Waals surface area contributed by atoms with Crippen LogP contribution >= 0.6 is 11.6 Å². The van der Waals surface area contributed by atoms with E-state index in [1.165, 1.54) is 40.6 Å². The summed E-state index contributed by atoms with van der Waals surface area (Å²) >= 11 is 6.39. The number of nitrogen functional groups attached to an aromatic ring is 1. The number of hydrogen-bond acceptors (Lipinski definition) is 8. The van der Waals surface area contributed by atoms with Crippen molar-refractivity contribution >= 4 is 50.3 Å². The Bertz CT molecular complexity index is 1610. The fraction of sp³-hybridized carbons (Fsp3) is 0.292. The molecule has 1 aliphatic rings.